The first-order valence-corrected chi connectivity index (χ1v) is 7.40. The van der Waals surface area contributed by atoms with Crippen molar-refractivity contribution in [1.29, 1.82) is 0 Å². The summed E-state index contributed by atoms with van der Waals surface area (Å²) in [7, 11) is 0. The van der Waals surface area contributed by atoms with E-state index in [4.69, 9.17) is 4.74 Å². The molecule has 1 unspecified atom stereocenters. The van der Waals surface area contributed by atoms with Crippen LogP contribution in [0.4, 0.5) is 10.6 Å². The fourth-order valence-electron chi connectivity index (χ4n) is 1.58. The number of anilines is 1. The lowest BCUT2D eigenvalue weighted by atomic mass is 10.1. The van der Waals surface area contributed by atoms with Gasteiger partial charge in [-0.1, -0.05) is 0 Å². The largest absolute Gasteiger partial charge is 0.444 e. The average Bonchev–Trinajstić information content (AvgIpc) is 2.85. The highest BCUT2D eigenvalue weighted by molar-refractivity contribution is 5.95. The van der Waals surface area contributed by atoms with E-state index in [1.807, 2.05) is 13.8 Å². The van der Waals surface area contributed by atoms with Gasteiger partial charge in [0, 0.05) is 6.20 Å². The number of amides is 2. The molecule has 0 aliphatic carbocycles. The number of carbonyl (C=O) groups is 2. The Bertz CT molecular complexity index is 560. The number of nitrogens with one attached hydrogen (secondary N) is 2. The Morgan fingerprint density at radius 2 is 1.96 bits per heavy atom. The highest BCUT2D eigenvalue weighted by Crippen LogP contribution is 2.16. The van der Waals surface area contributed by atoms with Crippen LogP contribution in [-0.2, 0) is 15.1 Å². The Hall–Kier alpha value is -2.09. The van der Waals surface area contributed by atoms with E-state index in [1.165, 1.54) is 6.33 Å². The number of alkyl carbamates (subject to hydrolysis) is 1. The van der Waals surface area contributed by atoms with Crippen molar-refractivity contribution >= 4 is 17.8 Å². The standard InChI is InChI=1S/C15H26N4O4/c1-10(17-13(22)23-14(2,3)4)12(21)18-11-7-19(9-16-11)15(5,6)8-20/h7,9-10,20H,8H2,1-6H3,(H,17,22)(H,18,21). The molecule has 1 rings (SSSR count). The average molecular weight is 326 g/mol. The topological polar surface area (TPSA) is 105 Å². The summed E-state index contributed by atoms with van der Waals surface area (Å²) >= 11 is 0. The van der Waals surface area contributed by atoms with Crippen molar-refractivity contribution in [3.63, 3.8) is 0 Å². The van der Waals surface area contributed by atoms with Crippen molar-refractivity contribution in [2.24, 2.45) is 0 Å². The lowest BCUT2D eigenvalue weighted by Crippen LogP contribution is -2.44. The normalized spacial score (nSPS) is 13.3. The zero-order valence-electron chi connectivity index (χ0n) is 14.5. The first kappa shape index (κ1) is 19.0. The minimum absolute atomic E-state index is 0.0622. The van der Waals surface area contributed by atoms with Gasteiger partial charge in [0.15, 0.2) is 5.82 Å². The van der Waals surface area contributed by atoms with Crippen LogP contribution in [0, 0.1) is 0 Å². The Morgan fingerprint density at radius 1 is 1.35 bits per heavy atom. The second-order valence-corrected chi connectivity index (χ2v) is 6.99. The van der Waals surface area contributed by atoms with E-state index in [0.717, 1.165) is 0 Å². The van der Waals surface area contributed by atoms with Crippen LogP contribution in [0.15, 0.2) is 12.5 Å². The van der Waals surface area contributed by atoms with Crippen LogP contribution in [0.1, 0.15) is 41.5 Å². The van der Waals surface area contributed by atoms with Gasteiger partial charge in [0.05, 0.1) is 18.5 Å². The lowest BCUT2D eigenvalue weighted by Gasteiger charge is -2.23. The van der Waals surface area contributed by atoms with E-state index in [0.29, 0.717) is 5.82 Å². The molecule has 1 atom stereocenters. The van der Waals surface area contributed by atoms with Crippen LogP contribution in [-0.4, -0.2) is 44.9 Å². The van der Waals surface area contributed by atoms with Crippen molar-refractivity contribution in [3.8, 4) is 0 Å². The van der Waals surface area contributed by atoms with Gasteiger partial charge in [-0.05, 0) is 41.5 Å². The summed E-state index contributed by atoms with van der Waals surface area (Å²) in [4.78, 5) is 27.8. The van der Waals surface area contributed by atoms with Crippen LogP contribution in [0.25, 0.3) is 0 Å². The van der Waals surface area contributed by atoms with Crippen molar-refractivity contribution in [2.75, 3.05) is 11.9 Å². The van der Waals surface area contributed by atoms with E-state index >= 15 is 0 Å². The van der Waals surface area contributed by atoms with Crippen molar-refractivity contribution in [1.82, 2.24) is 14.9 Å². The predicted octanol–water partition coefficient (Wildman–Crippen LogP) is 1.46. The molecule has 1 aromatic rings. The highest BCUT2D eigenvalue weighted by atomic mass is 16.6. The molecule has 1 aromatic heterocycles. The second-order valence-electron chi connectivity index (χ2n) is 6.99. The Labute approximate surface area is 136 Å². The van der Waals surface area contributed by atoms with E-state index in [9.17, 15) is 14.7 Å². The number of imidazole rings is 1. The summed E-state index contributed by atoms with van der Waals surface area (Å²) in [6.45, 7) is 10.4. The fourth-order valence-corrected chi connectivity index (χ4v) is 1.58. The first-order chi connectivity index (χ1) is 10.4. The fraction of sp³-hybridized carbons (Fsp3) is 0.667. The smallest absolute Gasteiger partial charge is 0.408 e. The van der Waals surface area contributed by atoms with Gasteiger partial charge in [0.1, 0.15) is 11.6 Å². The van der Waals surface area contributed by atoms with Crippen molar-refractivity contribution < 1.29 is 19.4 Å². The quantitative estimate of drug-likeness (QED) is 0.760. The molecule has 8 nitrogen and oxygen atoms in total. The summed E-state index contributed by atoms with van der Waals surface area (Å²) in [5, 5.41) is 14.4. The molecule has 2 amide bonds. The number of ether oxygens (including phenoxy) is 1. The van der Waals surface area contributed by atoms with Gasteiger partial charge in [-0.3, -0.25) is 4.79 Å². The molecule has 0 radical (unpaired) electrons. The number of nitrogens with zero attached hydrogens (tertiary/aromatic N) is 2. The molecular formula is C15H26N4O4. The summed E-state index contributed by atoms with van der Waals surface area (Å²) in [5.41, 5.74) is -1.15. The molecule has 23 heavy (non-hydrogen) atoms. The molecule has 0 aliphatic heterocycles. The SMILES string of the molecule is CC(NC(=O)OC(C)(C)C)C(=O)Nc1cn(C(C)(C)CO)cn1. The monoisotopic (exact) mass is 326 g/mol. The molecule has 130 valence electrons. The maximum atomic E-state index is 12.1. The molecule has 0 spiro atoms. The second kappa shape index (κ2) is 6.99. The molecule has 0 aliphatic rings. The van der Waals surface area contributed by atoms with E-state index in [2.05, 4.69) is 15.6 Å². The van der Waals surface area contributed by atoms with Gasteiger partial charge >= 0.3 is 6.09 Å². The summed E-state index contributed by atoms with van der Waals surface area (Å²) in [6, 6.07) is -0.777. The molecule has 0 saturated heterocycles. The lowest BCUT2D eigenvalue weighted by molar-refractivity contribution is -0.117. The maximum absolute atomic E-state index is 12.1. The molecule has 3 N–H and O–H groups in total. The minimum atomic E-state index is -0.777. The molecule has 0 aromatic carbocycles. The number of hydrogen-bond acceptors (Lipinski definition) is 5. The number of aliphatic hydroxyl groups excluding tert-OH is 1. The van der Waals surface area contributed by atoms with Gasteiger partial charge in [-0.25, -0.2) is 9.78 Å². The number of aliphatic hydroxyl groups is 1. The predicted molar refractivity (Wildman–Crippen MR) is 86.1 cm³/mol. The van der Waals surface area contributed by atoms with Gasteiger partial charge in [0.25, 0.3) is 0 Å². The van der Waals surface area contributed by atoms with Gasteiger partial charge in [0.2, 0.25) is 5.91 Å². The minimum Gasteiger partial charge on any atom is -0.444 e. The van der Waals surface area contributed by atoms with Gasteiger partial charge in [-0.15, -0.1) is 0 Å². The highest BCUT2D eigenvalue weighted by Gasteiger charge is 2.23. The van der Waals surface area contributed by atoms with E-state index < -0.39 is 29.2 Å². The third kappa shape index (κ3) is 5.90. The van der Waals surface area contributed by atoms with Crippen molar-refractivity contribution in [3.05, 3.63) is 12.5 Å². The molecule has 0 fully saturated rings. The summed E-state index contributed by atoms with van der Waals surface area (Å²) in [6.07, 6.45) is 2.48. The Balaban J connectivity index is 2.61. The van der Waals surface area contributed by atoms with Crippen LogP contribution >= 0.6 is 0 Å². The molecule has 8 heteroatoms. The van der Waals surface area contributed by atoms with Crippen LogP contribution in [0.2, 0.25) is 0 Å². The molecule has 1 heterocycles. The number of rotatable bonds is 5. The molecular weight excluding hydrogens is 300 g/mol. The number of hydrogen-bond donors (Lipinski definition) is 3. The number of carbonyl (C=O) groups excluding carboxylic acids is 2. The third-order valence-corrected chi connectivity index (χ3v) is 3.05. The molecule has 0 saturated carbocycles. The van der Waals surface area contributed by atoms with Crippen LogP contribution in [0.3, 0.4) is 0 Å². The van der Waals surface area contributed by atoms with E-state index in [-0.39, 0.29) is 6.61 Å². The summed E-state index contributed by atoms with van der Waals surface area (Å²) < 4.78 is 6.80. The van der Waals surface area contributed by atoms with Crippen LogP contribution in [0.5, 0.6) is 0 Å². The van der Waals surface area contributed by atoms with Crippen LogP contribution < -0.4 is 10.6 Å². The van der Waals surface area contributed by atoms with Gasteiger partial charge in [-0.2, -0.15) is 0 Å². The Morgan fingerprint density at radius 3 is 2.48 bits per heavy atom. The van der Waals surface area contributed by atoms with Crippen molar-refractivity contribution in [2.45, 2.75) is 58.7 Å². The molecule has 0 bridgehead atoms. The number of aromatic nitrogens is 2. The zero-order chi connectivity index (χ0) is 17.8. The van der Waals surface area contributed by atoms with E-state index in [1.54, 1.807) is 38.5 Å². The maximum Gasteiger partial charge on any atom is 0.408 e. The zero-order valence-corrected chi connectivity index (χ0v) is 14.5. The summed E-state index contributed by atoms with van der Waals surface area (Å²) in [5.74, 6) is -0.0720. The first-order valence-electron chi connectivity index (χ1n) is 7.40. The van der Waals surface area contributed by atoms with Gasteiger partial charge < -0.3 is 25.0 Å². The Kier molecular flexibility index (Phi) is 5.76. The third-order valence-electron chi connectivity index (χ3n) is 3.05.